The fourth-order valence-electron chi connectivity index (χ4n) is 3.23. The number of fused-ring (bicyclic) bond motifs is 1. The summed E-state index contributed by atoms with van der Waals surface area (Å²) >= 11 is 1.31. The molecule has 6 nitrogen and oxygen atoms in total. The Morgan fingerprint density at radius 1 is 1.13 bits per heavy atom. The van der Waals surface area contributed by atoms with E-state index in [1.807, 2.05) is 60.7 Å². The number of nitrogens with zero attached hydrogens (tertiary/aromatic N) is 2. The standard InChI is InChI=1S/C24H21N3O3S/c1-30-19-8-4-6-17(12-19)16-27-20-9-2-3-10-21(20)31-22(24(27)29)13-23(28)26-15-18-7-5-11-25-14-18/h2-14H,15-16H2,1H3,(H,26,28)/b22-13+. The molecule has 1 aliphatic rings. The molecule has 4 rings (SSSR count). The summed E-state index contributed by atoms with van der Waals surface area (Å²) in [5.41, 5.74) is 2.66. The highest BCUT2D eigenvalue weighted by Gasteiger charge is 2.29. The summed E-state index contributed by atoms with van der Waals surface area (Å²) in [4.78, 5) is 32.8. The number of thioether (sulfide) groups is 1. The zero-order valence-corrected chi connectivity index (χ0v) is 17.8. The second-order valence-electron chi connectivity index (χ2n) is 6.90. The first-order chi connectivity index (χ1) is 15.1. The Morgan fingerprint density at radius 2 is 1.97 bits per heavy atom. The van der Waals surface area contributed by atoms with Crippen LogP contribution in [0.5, 0.6) is 5.75 Å². The van der Waals surface area contributed by atoms with Gasteiger partial charge < -0.3 is 15.0 Å². The fourth-order valence-corrected chi connectivity index (χ4v) is 4.26. The van der Waals surface area contributed by atoms with Gasteiger partial charge >= 0.3 is 0 Å². The third-order valence-electron chi connectivity index (χ3n) is 4.76. The van der Waals surface area contributed by atoms with Crippen LogP contribution in [0.4, 0.5) is 5.69 Å². The number of amides is 2. The second kappa shape index (κ2) is 9.49. The number of ether oxygens (including phenoxy) is 1. The number of aromatic nitrogens is 1. The van der Waals surface area contributed by atoms with Crippen molar-refractivity contribution in [1.29, 1.82) is 0 Å². The number of carbonyl (C=O) groups excluding carboxylic acids is 2. The van der Waals surface area contributed by atoms with Crippen LogP contribution in [0, 0.1) is 0 Å². The van der Waals surface area contributed by atoms with Crippen molar-refractivity contribution >= 4 is 29.3 Å². The molecule has 2 amide bonds. The van der Waals surface area contributed by atoms with Crippen LogP contribution in [0.25, 0.3) is 0 Å². The van der Waals surface area contributed by atoms with E-state index in [0.717, 1.165) is 27.5 Å². The van der Waals surface area contributed by atoms with E-state index in [2.05, 4.69) is 10.3 Å². The summed E-state index contributed by atoms with van der Waals surface area (Å²) in [6.45, 7) is 0.724. The van der Waals surface area contributed by atoms with E-state index < -0.39 is 0 Å². The molecule has 156 valence electrons. The third-order valence-corrected chi connectivity index (χ3v) is 5.84. The predicted molar refractivity (Wildman–Crippen MR) is 121 cm³/mol. The van der Waals surface area contributed by atoms with Crippen molar-refractivity contribution in [2.75, 3.05) is 12.0 Å². The first-order valence-corrected chi connectivity index (χ1v) is 10.6. The summed E-state index contributed by atoms with van der Waals surface area (Å²) in [7, 11) is 1.61. The van der Waals surface area contributed by atoms with Gasteiger partial charge in [0.05, 0.1) is 24.2 Å². The lowest BCUT2D eigenvalue weighted by Crippen LogP contribution is -2.34. The highest BCUT2D eigenvalue weighted by Crippen LogP contribution is 2.41. The molecule has 31 heavy (non-hydrogen) atoms. The molecule has 0 aliphatic carbocycles. The van der Waals surface area contributed by atoms with Crippen LogP contribution in [0.2, 0.25) is 0 Å². The summed E-state index contributed by atoms with van der Waals surface area (Å²) in [6, 6.07) is 19.0. The normalized spacial score (nSPS) is 14.3. The van der Waals surface area contributed by atoms with E-state index in [0.29, 0.717) is 18.0 Å². The van der Waals surface area contributed by atoms with Gasteiger partial charge in [-0.2, -0.15) is 0 Å². The van der Waals surface area contributed by atoms with E-state index in [4.69, 9.17) is 4.74 Å². The summed E-state index contributed by atoms with van der Waals surface area (Å²) < 4.78 is 5.30. The zero-order chi connectivity index (χ0) is 21.6. The molecule has 0 saturated carbocycles. The van der Waals surface area contributed by atoms with E-state index >= 15 is 0 Å². The Hall–Kier alpha value is -3.58. The molecule has 1 N–H and O–H groups in total. The van der Waals surface area contributed by atoms with Gasteiger partial charge in [-0.15, -0.1) is 0 Å². The maximum atomic E-state index is 13.3. The van der Waals surface area contributed by atoms with Gasteiger partial charge in [0.2, 0.25) is 5.91 Å². The number of pyridine rings is 1. The summed E-state index contributed by atoms with van der Waals surface area (Å²) in [6.07, 6.45) is 4.75. The molecule has 0 saturated heterocycles. The van der Waals surface area contributed by atoms with Gasteiger partial charge in [0.1, 0.15) is 5.75 Å². The Morgan fingerprint density at radius 3 is 2.77 bits per heavy atom. The van der Waals surface area contributed by atoms with Crippen molar-refractivity contribution in [3.8, 4) is 5.75 Å². The topological polar surface area (TPSA) is 71.5 Å². The predicted octanol–water partition coefficient (Wildman–Crippen LogP) is 3.93. The minimum absolute atomic E-state index is 0.206. The maximum absolute atomic E-state index is 13.3. The van der Waals surface area contributed by atoms with Crippen molar-refractivity contribution < 1.29 is 14.3 Å². The molecule has 3 aromatic rings. The fraction of sp³-hybridized carbons (Fsp3) is 0.125. The average molecular weight is 432 g/mol. The van der Waals surface area contributed by atoms with Gasteiger partial charge in [0.15, 0.2) is 0 Å². The van der Waals surface area contributed by atoms with Crippen molar-refractivity contribution in [2.45, 2.75) is 18.0 Å². The minimum atomic E-state index is -0.319. The van der Waals surface area contributed by atoms with Crippen LogP contribution in [0.1, 0.15) is 11.1 Å². The largest absolute Gasteiger partial charge is 0.497 e. The molecule has 0 fully saturated rings. The zero-order valence-electron chi connectivity index (χ0n) is 16.9. The van der Waals surface area contributed by atoms with Crippen LogP contribution < -0.4 is 15.0 Å². The van der Waals surface area contributed by atoms with Crippen molar-refractivity contribution in [3.63, 3.8) is 0 Å². The highest BCUT2D eigenvalue weighted by molar-refractivity contribution is 8.04. The number of benzene rings is 2. The van der Waals surface area contributed by atoms with Gasteiger partial charge in [-0.25, -0.2) is 0 Å². The van der Waals surface area contributed by atoms with Gasteiger partial charge in [-0.05, 0) is 41.5 Å². The first-order valence-electron chi connectivity index (χ1n) is 9.74. The molecule has 1 aliphatic heterocycles. The molecular formula is C24H21N3O3S. The molecule has 0 bridgehead atoms. The lowest BCUT2D eigenvalue weighted by atomic mass is 10.1. The average Bonchev–Trinajstić information content (AvgIpc) is 2.81. The molecule has 2 aromatic carbocycles. The third kappa shape index (κ3) is 4.95. The van der Waals surface area contributed by atoms with Gasteiger partial charge in [-0.1, -0.05) is 42.1 Å². The first kappa shape index (κ1) is 20.7. The summed E-state index contributed by atoms with van der Waals surface area (Å²) in [5.74, 6) is 0.207. The van der Waals surface area contributed by atoms with Crippen LogP contribution >= 0.6 is 11.8 Å². The number of rotatable bonds is 6. The highest BCUT2D eigenvalue weighted by atomic mass is 32.2. The Balaban J connectivity index is 1.56. The molecule has 1 aromatic heterocycles. The molecular weight excluding hydrogens is 410 g/mol. The van der Waals surface area contributed by atoms with Crippen molar-refractivity contribution in [1.82, 2.24) is 10.3 Å². The smallest absolute Gasteiger partial charge is 0.265 e. The van der Waals surface area contributed by atoms with Crippen LogP contribution in [0.15, 0.2) is 88.9 Å². The van der Waals surface area contributed by atoms with Gasteiger partial charge in [0.25, 0.3) is 5.91 Å². The number of hydrogen-bond acceptors (Lipinski definition) is 5. The van der Waals surface area contributed by atoms with E-state index in [1.54, 1.807) is 24.4 Å². The number of carbonyl (C=O) groups is 2. The lowest BCUT2D eigenvalue weighted by Gasteiger charge is -2.30. The van der Waals surface area contributed by atoms with Crippen molar-refractivity contribution in [3.05, 3.63) is 95.2 Å². The van der Waals surface area contributed by atoms with E-state index in [9.17, 15) is 9.59 Å². The van der Waals surface area contributed by atoms with Crippen LogP contribution in [-0.4, -0.2) is 23.9 Å². The quantitative estimate of drug-likeness (QED) is 0.599. The molecule has 7 heteroatoms. The molecule has 0 atom stereocenters. The molecule has 0 unspecified atom stereocenters. The number of methoxy groups -OCH3 is 1. The Kier molecular flexibility index (Phi) is 6.33. The van der Waals surface area contributed by atoms with E-state index in [1.165, 1.54) is 17.8 Å². The Labute approximate surface area is 184 Å². The summed E-state index contributed by atoms with van der Waals surface area (Å²) in [5, 5.41) is 2.81. The number of para-hydroxylation sites is 1. The van der Waals surface area contributed by atoms with Gasteiger partial charge in [0, 0.05) is 29.9 Å². The Bertz CT molecular complexity index is 1130. The molecule has 0 spiro atoms. The van der Waals surface area contributed by atoms with Crippen molar-refractivity contribution in [2.24, 2.45) is 0 Å². The maximum Gasteiger partial charge on any atom is 0.265 e. The molecule has 2 heterocycles. The molecule has 0 radical (unpaired) electrons. The lowest BCUT2D eigenvalue weighted by molar-refractivity contribution is -0.118. The van der Waals surface area contributed by atoms with Crippen LogP contribution in [0.3, 0.4) is 0 Å². The number of hydrogen-bond donors (Lipinski definition) is 1. The van der Waals surface area contributed by atoms with E-state index in [-0.39, 0.29) is 11.8 Å². The minimum Gasteiger partial charge on any atom is -0.497 e. The van der Waals surface area contributed by atoms with Gasteiger partial charge in [-0.3, -0.25) is 14.6 Å². The SMILES string of the molecule is COc1cccc(CN2C(=O)/C(=C\C(=O)NCc3cccnc3)Sc3ccccc32)c1. The number of nitrogens with one attached hydrogen (secondary N) is 1. The van der Waals surface area contributed by atoms with Crippen LogP contribution in [-0.2, 0) is 22.7 Å². The second-order valence-corrected chi connectivity index (χ2v) is 7.98. The number of anilines is 1. The monoisotopic (exact) mass is 431 g/mol.